The molecule has 4 heteroatoms. The fourth-order valence-corrected chi connectivity index (χ4v) is 2.96. The van der Waals surface area contributed by atoms with Gasteiger partial charge in [0.15, 0.2) is 0 Å². The zero-order valence-electron chi connectivity index (χ0n) is 13.3. The molecule has 1 fully saturated rings. The van der Waals surface area contributed by atoms with Crippen molar-refractivity contribution >= 4 is 17.4 Å². The normalized spacial score (nSPS) is 14.6. The average Bonchev–Trinajstić information content (AvgIpc) is 3.09. The van der Waals surface area contributed by atoms with E-state index in [9.17, 15) is 4.79 Å². The molecule has 0 saturated heterocycles. The molecule has 2 aromatic rings. The van der Waals surface area contributed by atoms with Gasteiger partial charge in [0, 0.05) is 12.5 Å². The van der Waals surface area contributed by atoms with Crippen molar-refractivity contribution in [1.82, 2.24) is 4.98 Å². The Balaban J connectivity index is 1.46. The number of aryl methyl sites for hydroxylation is 1. The van der Waals surface area contributed by atoms with E-state index in [0.29, 0.717) is 12.5 Å². The zero-order chi connectivity index (χ0) is 15.9. The third-order valence-electron chi connectivity index (χ3n) is 4.24. The summed E-state index contributed by atoms with van der Waals surface area (Å²) in [4.78, 5) is 16.4. The van der Waals surface area contributed by atoms with E-state index in [-0.39, 0.29) is 5.91 Å². The van der Waals surface area contributed by atoms with Gasteiger partial charge in [-0.2, -0.15) is 0 Å². The Kier molecular flexibility index (Phi) is 5.25. The topological polar surface area (TPSA) is 54.0 Å². The molecule has 1 amide bonds. The summed E-state index contributed by atoms with van der Waals surface area (Å²) in [6, 6.07) is 14.4. The van der Waals surface area contributed by atoms with E-state index in [0.717, 1.165) is 17.9 Å². The highest BCUT2D eigenvalue weighted by Crippen LogP contribution is 2.21. The summed E-state index contributed by atoms with van der Waals surface area (Å²) in [5.74, 6) is 0.909. The van der Waals surface area contributed by atoms with Crippen molar-refractivity contribution in [2.45, 2.75) is 44.6 Å². The molecule has 23 heavy (non-hydrogen) atoms. The Labute approximate surface area is 137 Å². The van der Waals surface area contributed by atoms with E-state index < -0.39 is 0 Å². The molecule has 3 rings (SSSR count). The van der Waals surface area contributed by atoms with Crippen LogP contribution in [-0.4, -0.2) is 16.9 Å². The van der Waals surface area contributed by atoms with E-state index in [1.54, 1.807) is 6.20 Å². The minimum atomic E-state index is 0.0205. The number of pyridine rings is 1. The van der Waals surface area contributed by atoms with Gasteiger partial charge >= 0.3 is 0 Å². The third kappa shape index (κ3) is 4.81. The van der Waals surface area contributed by atoms with Crippen LogP contribution in [0, 0.1) is 0 Å². The number of carbonyl (C=O) groups excluding carboxylic acids is 1. The lowest BCUT2D eigenvalue weighted by Gasteiger charge is -2.13. The van der Waals surface area contributed by atoms with E-state index >= 15 is 0 Å². The fraction of sp³-hybridized carbons (Fsp3) is 0.368. The van der Waals surface area contributed by atoms with Crippen molar-refractivity contribution in [1.29, 1.82) is 0 Å². The van der Waals surface area contributed by atoms with Gasteiger partial charge < -0.3 is 10.6 Å². The van der Waals surface area contributed by atoms with Crippen LogP contribution in [0.3, 0.4) is 0 Å². The lowest BCUT2D eigenvalue weighted by molar-refractivity contribution is -0.116. The van der Waals surface area contributed by atoms with Gasteiger partial charge in [0.25, 0.3) is 0 Å². The van der Waals surface area contributed by atoms with E-state index in [4.69, 9.17) is 0 Å². The van der Waals surface area contributed by atoms with Crippen molar-refractivity contribution < 1.29 is 4.79 Å². The largest absolute Gasteiger partial charge is 0.367 e. The molecular formula is C19H23N3O. The van der Waals surface area contributed by atoms with Crippen LogP contribution in [0.4, 0.5) is 11.5 Å². The maximum atomic E-state index is 12.0. The Morgan fingerprint density at radius 3 is 2.57 bits per heavy atom. The van der Waals surface area contributed by atoms with Gasteiger partial charge in [0.05, 0.1) is 11.9 Å². The smallest absolute Gasteiger partial charge is 0.224 e. The second-order valence-corrected chi connectivity index (χ2v) is 6.09. The van der Waals surface area contributed by atoms with Crippen molar-refractivity contribution in [2.24, 2.45) is 0 Å². The van der Waals surface area contributed by atoms with Gasteiger partial charge in [-0.1, -0.05) is 43.2 Å². The molecule has 0 aliphatic heterocycles. The first-order valence-electron chi connectivity index (χ1n) is 8.36. The monoisotopic (exact) mass is 309 g/mol. The van der Waals surface area contributed by atoms with Crippen molar-refractivity contribution in [3.05, 3.63) is 54.2 Å². The number of anilines is 2. The average molecular weight is 309 g/mol. The molecule has 1 aromatic heterocycles. The number of nitrogens with one attached hydrogen (secondary N) is 2. The standard InChI is InChI=1S/C19H23N3O/c23-19(13-10-15-6-2-1-3-7-15)22-17-11-12-18(20-14-17)21-16-8-4-5-9-16/h1-3,6-7,11-12,14,16H,4-5,8-10,13H2,(H,20,21)(H,22,23). The molecule has 0 bridgehead atoms. The van der Waals surface area contributed by atoms with Gasteiger partial charge in [0.2, 0.25) is 5.91 Å². The lowest BCUT2D eigenvalue weighted by atomic mass is 10.1. The maximum Gasteiger partial charge on any atom is 0.224 e. The Morgan fingerprint density at radius 1 is 1.09 bits per heavy atom. The summed E-state index contributed by atoms with van der Waals surface area (Å²) < 4.78 is 0. The van der Waals surface area contributed by atoms with Crippen LogP contribution in [-0.2, 0) is 11.2 Å². The molecule has 1 saturated carbocycles. The molecule has 1 aromatic carbocycles. The van der Waals surface area contributed by atoms with Crippen LogP contribution in [0.25, 0.3) is 0 Å². The second-order valence-electron chi connectivity index (χ2n) is 6.09. The number of amides is 1. The lowest BCUT2D eigenvalue weighted by Crippen LogP contribution is -2.16. The first-order valence-corrected chi connectivity index (χ1v) is 8.36. The zero-order valence-corrected chi connectivity index (χ0v) is 13.3. The van der Waals surface area contributed by atoms with Crippen molar-refractivity contribution in [3.8, 4) is 0 Å². The highest BCUT2D eigenvalue weighted by Gasteiger charge is 2.14. The Hall–Kier alpha value is -2.36. The first-order chi connectivity index (χ1) is 11.3. The van der Waals surface area contributed by atoms with Crippen LogP contribution >= 0.6 is 0 Å². The molecule has 1 aliphatic rings. The molecule has 1 aliphatic carbocycles. The summed E-state index contributed by atoms with van der Waals surface area (Å²) >= 11 is 0. The number of carbonyl (C=O) groups is 1. The van der Waals surface area contributed by atoms with E-state index in [1.165, 1.54) is 31.2 Å². The minimum Gasteiger partial charge on any atom is -0.367 e. The van der Waals surface area contributed by atoms with Crippen LogP contribution in [0.2, 0.25) is 0 Å². The van der Waals surface area contributed by atoms with Crippen LogP contribution in [0.5, 0.6) is 0 Å². The highest BCUT2D eigenvalue weighted by atomic mass is 16.1. The summed E-state index contributed by atoms with van der Waals surface area (Å²) in [5, 5.41) is 6.35. The van der Waals surface area contributed by atoms with Gasteiger partial charge in [-0.3, -0.25) is 4.79 Å². The fourth-order valence-electron chi connectivity index (χ4n) is 2.96. The molecule has 4 nitrogen and oxygen atoms in total. The number of hydrogen-bond acceptors (Lipinski definition) is 3. The van der Waals surface area contributed by atoms with Gasteiger partial charge in [-0.15, -0.1) is 0 Å². The van der Waals surface area contributed by atoms with Gasteiger partial charge in [-0.25, -0.2) is 4.98 Å². The van der Waals surface area contributed by atoms with Crippen LogP contribution in [0.1, 0.15) is 37.7 Å². The Bertz CT molecular complexity index is 619. The van der Waals surface area contributed by atoms with Crippen LogP contribution < -0.4 is 10.6 Å². The van der Waals surface area contributed by atoms with Gasteiger partial charge in [0.1, 0.15) is 5.82 Å². The second kappa shape index (κ2) is 7.77. The highest BCUT2D eigenvalue weighted by molar-refractivity contribution is 5.90. The summed E-state index contributed by atoms with van der Waals surface area (Å²) in [5.41, 5.74) is 1.93. The van der Waals surface area contributed by atoms with E-state index in [1.807, 2.05) is 42.5 Å². The maximum absolute atomic E-state index is 12.0. The number of nitrogens with zero attached hydrogens (tertiary/aromatic N) is 1. The Morgan fingerprint density at radius 2 is 1.87 bits per heavy atom. The third-order valence-corrected chi connectivity index (χ3v) is 4.24. The molecule has 0 unspecified atom stereocenters. The number of aromatic nitrogens is 1. The predicted octanol–water partition coefficient (Wildman–Crippen LogP) is 4.01. The first kappa shape index (κ1) is 15.5. The summed E-state index contributed by atoms with van der Waals surface area (Å²) in [7, 11) is 0. The van der Waals surface area contributed by atoms with Crippen molar-refractivity contribution in [3.63, 3.8) is 0 Å². The molecule has 2 N–H and O–H groups in total. The molecular weight excluding hydrogens is 286 g/mol. The van der Waals surface area contributed by atoms with Gasteiger partial charge in [-0.05, 0) is 37.0 Å². The number of hydrogen-bond donors (Lipinski definition) is 2. The minimum absolute atomic E-state index is 0.0205. The molecule has 0 spiro atoms. The van der Waals surface area contributed by atoms with Crippen molar-refractivity contribution in [2.75, 3.05) is 10.6 Å². The molecule has 120 valence electrons. The number of rotatable bonds is 6. The predicted molar refractivity (Wildman–Crippen MR) is 93.5 cm³/mol. The quantitative estimate of drug-likeness (QED) is 0.848. The molecule has 0 atom stereocenters. The van der Waals surface area contributed by atoms with E-state index in [2.05, 4.69) is 15.6 Å². The molecule has 1 heterocycles. The summed E-state index contributed by atoms with van der Waals surface area (Å²) in [6.07, 6.45) is 7.99. The van der Waals surface area contributed by atoms with Crippen LogP contribution in [0.15, 0.2) is 48.7 Å². The number of benzene rings is 1. The summed E-state index contributed by atoms with van der Waals surface area (Å²) in [6.45, 7) is 0. The molecule has 0 radical (unpaired) electrons. The SMILES string of the molecule is O=C(CCc1ccccc1)Nc1ccc(NC2CCCC2)nc1.